The van der Waals surface area contributed by atoms with Gasteiger partial charge in [0, 0.05) is 15.6 Å². The first kappa shape index (κ1) is 28.7. The lowest BCUT2D eigenvalue weighted by atomic mass is 10.1. The molecule has 0 fully saturated rings. The second-order valence-corrected chi connectivity index (χ2v) is 10.8. The van der Waals surface area contributed by atoms with Crippen molar-refractivity contribution in [3.05, 3.63) is 97.2 Å². The Hall–Kier alpha value is -3.28. The Labute approximate surface area is 243 Å². The van der Waals surface area contributed by atoms with Crippen LogP contribution in [0.5, 0.6) is 17.2 Å². The van der Waals surface area contributed by atoms with Gasteiger partial charge in [-0.2, -0.15) is 0 Å². The van der Waals surface area contributed by atoms with Crippen molar-refractivity contribution in [3.63, 3.8) is 0 Å². The number of hydrogen-bond acceptors (Lipinski definition) is 8. The summed E-state index contributed by atoms with van der Waals surface area (Å²) in [6.07, 6.45) is 0. The van der Waals surface area contributed by atoms with E-state index >= 15 is 0 Å². The third kappa shape index (κ3) is 7.23. The average molecular weight is 634 g/mol. The lowest BCUT2D eigenvalue weighted by Crippen LogP contribution is -2.12. The van der Waals surface area contributed by atoms with Crippen LogP contribution < -0.4 is 14.2 Å². The fraction of sp³-hybridized carbons (Fsp3) is 0.259. The Kier molecular flexibility index (Phi) is 9.71. The number of nitrogens with zero attached hydrogens (tertiary/aromatic N) is 4. The van der Waals surface area contributed by atoms with Crippen LogP contribution in [0.4, 0.5) is 0 Å². The van der Waals surface area contributed by atoms with Gasteiger partial charge in [0.15, 0.2) is 16.7 Å². The van der Waals surface area contributed by atoms with Gasteiger partial charge in [-0.05, 0) is 89.4 Å². The molecule has 4 rings (SSSR count). The van der Waals surface area contributed by atoms with Crippen molar-refractivity contribution in [2.45, 2.75) is 30.9 Å². The van der Waals surface area contributed by atoms with E-state index < -0.39 is 5.25 Å². The van der Waals surface area contributed by atoms with Crippen LogP contribution in [0.25, 0.3) is 5.69 Å². The lowest BCUT2D eigenvalue weighted by Gasteiger charge is -2.19. The van der Waals surface area contributed by atoms with Gasteiger partial charge in [0.2, 0.25) is 6.54 Å². The maximum absolute atomic E-state index is 11.7. The minimum Gasteiger partial charge on any atom is -0.497 e. The highest BCUT2D eigenvalue weighted by atomic mass is 79.9. The summed E-state index contributed by atoms with van der Waals surface area (Å²) >= 11 is 10.8. The highest BCUT2D eigenvalue weighted by Gasteiger charge is 2.26. The summed E-state index contributed by atoms with van der Waals surface area (Å²) in [5.41, 5.74) is 2.45. The van der Waals surface area contributed by atoms with Crippen molar-refractivity contribution in [2.75, 3.05) is 20.3 Å². The second-order valence-electron chi connectivity index (χ2n) is 8.36. The van der Waals surface area contributed by atoms with Crippen molar-refractivity contribution in [1.29, 1.82) is 0 Å². The summed E-state index contributed by atoms with van der Waals surface area (Å²) in [5.74, 6) is 2.37. The fourth-order valence-corrected chi connectivity index (χ4v) is 5.69. The molecule has 0 aliphatic rings. The van der Waals surface area contributed by atoms with Crippen LogP contribution in [0.2, 0.25) is 5.02 Å². The molecule has 0 radical (unpaired) electrons. The second kappa shape index (κ2) is 13.2. The SMILES string of the molecule is CCOc1cc([C@H](C[N+](=O)[O-])Sc2nnc(C)n2-c2ccc(OC)cc2)cc(Br)c1OCc1ccc(Cl)cc1. The summed E-state index contributed by atoms with van der Waals surface area (Å²) in [7, 11) is 1.60. The zero-order valence-corrected chi connectivity index (χ0v) is 24.6. The van der Waals surface area contributed by atoms with Crippen LogP contribution in [0.3, 0.4) is 0 Å². The molecule has 0 spiro atoms. The average Bonchev–Trinajstić information content (AvgIpc) is 3.28. The first-order valence-electron chi connectivity index (χ1n) is 12.0. The highest BCUT2D eigenvalue weighted by Crippen LogP contribution is 2.43. The smallest absolute Gasteiger partial charge is 0.220 e. The molecule has 1 atom stereocenters. The summed E-state index contributed by atoms with van der Waals surface area (Å²) in [6.45, 7) is 4.06. The molecule has 1 aromatic heterocycles. The number of aromatic nitrogens is 3. The molecule has 39 heavy (non-hydrogen) atoms. The number of rotatable bonds is 12. The van der Waals surface area contributed by atoms with E-state index in [1.807, 2.05) is 60.9 Å². The van der Waals surface area contributed by atoms with Gasteiger partial charge in [-0.25, -0.2) is 0 Å². The van der Waals surface area contributed by atoms with Crippen LogP contribution in [0.15, 0.2) is 70.3 Å². The van der Waals surface area contributed by atoms with Gasteiger partial charge in [0.1, 0.15) is 23.4 Å². The number of hydrogen-bond donors (Lipinski definition) is 0. The zero-order chi connectivity index (χ0) is 27.9. The molecule has 0 saturated heterocycles. The molecule has 3 aromatic carbocycles. The van der Waals surface area contributed by atoms with E-state index in [0.29, 0.717) is 50.8 Å². The standard InChI is InChI=1S/C27H26BrClN4O5S/c1-4-37-24-14-19(13-23(28)26(24)38-16-18-5-7-20(29)8-6-18)25(15-32(34)35)39-27-31-30-17(2)33(27)21-9-11-22(36-3)12-10-21/h5-14,25H,4,15-16H2,1-3H3/t25-/m0/s1. The monoisotopic (exact) mass is 632 g/mol. The number of aryl methyl sites for hydroxylation is 1. The van der Waals surface area contributed by atoms with Crippen molar-refractivity contribution in [1.82, 2.24) is 14.8 Å². The Bertz CT molecular complexity index is 1430. The Morgan fingerprint density at radius 3 is 2.46 bits per heavy atom. The fourth-order valence-electron chi connectivity index (χ4n) is 3.83. The molecule has 0 aliphatic carbocycles. The zero-order valence-electron chi connectivity index (χ0n) is 21.5. The number of nitro groups is 1. The molecule has 0 N–H and O–H groups in total. The van der Waals surface area contributed by atoms with E-state index in [0.717, 1.165) is 17.0 Å². The van der Waals surface area contributed by atoms with E-state index in [2.05, 4.69) is 26.1 Å². The van der Waals surface area contributed by atoms with Crippen LogP contribution in [0.1, 0.15) is 29.1 Å². The number of methoxy groups -OCH3 is 1. The molecular weight excluding hydrogens is 608 g/mol. The van der Waals surface area contributed by atoms with Gasteiger partial charge in [-0.3, -0.25) is 14.7 Å². The molecule has 0 saturated carbocycles. The van der Waals surface area contributed by atoms with E-state index in [-0.39, 0.29) is 11.5 Å². The molecule has 0 unspecified atom stereocenters. The number of thioether (sulfide) groups is 1. The Balaban J connectivity index is 1.66. The Morgan fingerprint density at radius 2 is 1.82 bits per heavy atom. The highest BCUT2D eigenvalue weighted by molar-refractivity contribution is 9.10. The Morgan fingerprint density at radius 1 is 1.10 bits per heavy atom. The number of ether oxygens (including phenoxy) is 3. The third-order valence-corrected chi connectivity index (χ3v) is 7.71. The molecule has 4 aromatic rings. The first-order valence-corrected chi connectivity index (χ1v) is 14.0. The van der Waals surface area contributed by atoms with E-state index in [9.17, 15) is 10.1 Å². The topological polar surface area (TPSA) is 102 Å². The van der Waals surface area contributed by atoms with Gasteiger partial charge < -0.3 is 14.2 Å². The van der Waals surface area contributed by atoms with Gasteiger partial charge in [0.25, 0.3) is 0 Å². The molecule has 204 valence electrons. The van der Waals surface area contributed by atoms with Crippen molar-refractivity contribution < 1.29 is 19.1 Å². The summed E-state index contributed by atoms with van der Waals surface area (Å²) in [4.78, 5) is 11.4. The quantitative estimate of drug-likeness (QED) is 0.0926. The van der Waals surface area contributed by atoms with Crippen LogP contribution in [-0.4, -0.2) is 39.9 Å². The predicted octanol–water partition coefficient (Wildman–Crippen LogP) is 7.09. The molecule has 1 heterocycles. The minimum atomic E-state index is -0.582. The van der Waals surface area contributed by atoms with Crippen molar-refractivity contribution in [3.8, 4) is 22.9 Å². The summed E-state index contributed by atoms with van der Waals surface area (Å²) < 4.78 is 19.7. The van der Waals surface area contributed by atoms with E-state index in [1.165, 1.54) is 11.8 Å². The van der Waals surface area contributed by atoms with Gasteiger partial charge in [-0.1, -0.05) is 35.5 Å². The molecule has 9 nitrogen and oxygen atoms in total. The molecule has 12 heteroatoms. The van der Waals surface area contributed by atoms with Gasteiger partial charge >= 0.3 is 0 Å². The van der Waals surface area contributed by atoms with Crippen LogP contribution in [0, 0.1) is 17.0 Å². The van der Waals surface area contributed by atoms with Gasteiger partial charge in [0.05, 0.1) is 18.2 Å². The molecule has 0 bridgehead atoms. The predicted molar refractivity (Wildman–Crippen MR) is 154 cm³/mol. The van der Waals surface area contributed by atoms with E-state index in [1.54, 1.807) is 25.3 Å². The van der Waals surface area contributed by atoms with Crippen molar-refractivity contribution in [2.24, 2.45) is 0 Å². The number of benzene rings is 3. The van der Waals surface area contributed by atoms with Crippen molar-refractivity contribution >= 4 is 39.3 Å². The lowest BCUT2D eigenvalue weighted by molar-refractivity contribution is -0.479. The van der Waals surface area contributed by atoms with Crippen LogP contribution in [-0.2, 0) is 6.61 Å². The number of halogens is 2. The van der Waals surface area contributed by atoms with Crippen LogP contribution >= 0.6 is 39.3 Å². The van der Waals surface area contributed by atoms with Gasteiger partial charge in [-0.15, -0.1) is 10.2 Å². The molecule has 0 amide bonds. The first-order chi connectivity index (χ1) is 18.8. The largest absolute Gasteiger partial charge is 0.497 e. The molecular formula is C27H26BrClN4O5S. The summed E-state index contributed by atoms with van der Waals surface area (Å²) in [5, 5.41) is 20.8. The maximum Gasteiger partial charge on any atom is 0.220 e. The van der Waals surface area contributed by atoms with E-state index in [4.69, 9.17) is 25.8 Å². The third-order valence-electron chi connectivity index (χ3n) is 5.69. The maximum atomic E-state index is 11.7. The molecule has 0 aliphatic heterocycles. The normalized spacial score (nSPS) is 11.7. The summed E-state index contributed by atoms with van der Waals surface area (Å²) in [6, 6.07) is 18.4. The minimum absolute atomic E-state index is 0.298.